The maximum absolute atomic E-state index is 12.8. The lowest BCUT2D eigenvalue weighted by molar-refractivity contribution is -0.181. The van der Waals surface area contributed by atoms with Crippen LogP contribution in [-0.2, 0) is 5.60 Å². The van der Waals surface area contributed by atoms with Crippen molar-refractivity contribution in [2.24, 2.45) is 4.99 Å². The normalized spacial score (nSPS) is 20.3. The third-order valence-electron chi connectivity index (χ3n) is 4.49. The number of hydrogen-bond acceptors (Lipinski definition) is 4. The second kappa shape index (κ2) is 9.27. The second-order valence-electron chi connectivity index (χ2n) is 6.39. The molecule has 0 bridgehead atoms. The summed E-state index contributed by atoms with van der Waals surface area (Å²) in [6.07, 6.45) is -2.73. The van der Waals surface area contributed by atoms with Gasteiger partial charge in [-0.1, -0.05) is 0 Å². The Balaban J connectivity index is 0.00000338. The SMILES string of the molecule is CN=C(NCC(C)(O)c1ccco1)N1CCN(C(C)C(F)(F)F)CC1.I. The molecule has 150 valence electrons. The predicted molar refractivity (Wildman–Crippen MR) is 104 cm³/mol. The van der Waals surface area contributed by atoms with Gasteiger partial charge in [0.25, 0.3) is 0 Å². The molecule has 26 heavy (non-hydrogen) atoms. The smallest absolute Gasteiger partial charge is 0.403 e. The molecule has 1 fully saturated rings. The average Bonchev–Trinajstić information content (AvgIpc) is 3.10. The Morgan fingerprint density at radius 1 is 1.35 bits per heavy atom. The van der Waals surface area contributed by atoms with Crippen LogP contribution >= 0.6 is 24.0 Å². The topological polar surface area (TPSA) is 64.2 Å². The summed E-state index contributed by atoms with van der Waals surface area (Å²) in [6, 6.07) is 1.92. The number of rotatable bonds is 4. The summed E-state index contributed by atoms with van der Waals surface area (Å²) in [5.41, 5.74) is -1.22. The fourth-order valence-electron chi connectivity index (χ4n) is 2.78. The Hall–Kier alpha value is -1.01. The monoisotopic (exact) mass is 490 g/mol. The molecule has 2 rings (SSSR count). The lowest BCUT2D eigenvalue weighted by atomic mass is 10.0. The number of guanidine groups is 1. The van der Waals surface area contributed by atoms with E-state index < -0.39 is 17.8 Å². The number of aliphatic hydroxyl groups is 1. The molecular formula is C16H26F3IN4O2. The van der Waals surface area contributed by atoms with Crippen LogP contribution in [0, 0.1) is 0 Å². The third-order valence-corrected chi connectivity index (χ3v) is 4.49. The molecule has 0 spiro atoms. The summed E-state index contributed by atoms with van der Waals surface area (Å²) in [4.78, 5) is 7.47. The highest BCUT2D eigenvalue weighted by atomic mass is 127. The average molecular weight is 490 g/mol. The van der Waals surface area contributed by atoms with Crippen LogP contribution in [0.2, 0.25) is 0 Å². The van der Waals surface area contributed by atoms with Crippen LogP contribution in [0.4, 0.5) is 13.2 Å². The van der Waals surface area contributed by atoms with E-state index >= 15 is 0 Å². The van der Waals surface area contributed by atoms with E-state index in [2.05, 4.69) is 10.3 Å². The zero-order chi connectivity index (χ0) is 18.7. The van der Waals surface area contributed by atoms with E-state index in [1.165, 1.54) is 18.1 Å². The zero-order valence-corrected chi connectivity index (χ0v) is 17.4. The van der Waals surface area contributed by atoms with Gasteiger partial charge in [-0.25, -0.2) is 0 Å². The Kier molecular flexibility index (Phi) is 8.21. The van der Waals surface area contributed by atoms with E-state index in [-0.39, 0.29) is 30.5 Å². The molecule has 10 heteroatoms. The molecule has 1 aliphatic rings. The first-order chi connectivity index (χ1) is 11.6. The number of alkyl halides is 3. The van der Waals surface area contributed by atoms with Crippen LogP contribution in [0.1, 0.15) is 19.6 Å². The summed E-state index contributed by atoms with van der Waals surface area (Å²) >= 11 is 0. The van der Waals surface area contributed by atoms with Gasteiger partial charge in [0.15, 0.2) is 5.96 Å². The van der Waals surface area contributed by atoms with Crippen molar-refractivity contribution in [1.82, 2.24) is 15.1 Å². The predicted octanol–water partition coefficient (Wildman–Crippen LogP) is 2.25. The van der Waals surface area contributed by atoms with Crippen molar-refractivity contribution < 1.29 is 22.7 Å². The molecule has 0 radical (unpaired) electrons. The van der Waals surface area contributed by atoms with E-state index in [1.54, 1.807) is 26.1 Å². The summed E-state index contributed by atoms with van der Waals surface area (Å²) in [5, 5.41) is 13.5. The molecule has 0 amide bonds. The van der Waals surface area contributed by atoms with Crippen LogP contribution in [0.5, 0.6) is 0 Å². The Bertz CT molecular complexity index is 571. The minimum Gasteiger partial charge on any atom is -0.466 e. The minimum atomic E-state index is -4.22. The van der Waals surface area contributed by atoms with Crippen molar-refractivity contribution in [3.63, 3.8) is 0 Å². The molecule has 0 saturated carbocycles. The lowest BCUT2D eigenvalue weighted by Crippen LogP contribution is -2.57. The van der Waals surface area contributed by atoms with Gasteiger partial charge in [0.1, 0.15) is 17.4 Å². The van der Waals surface area contributed by atoms with Gasteiger partial charge in [-0.05, 0) is 26.0 Å². The molecule has 6 nitrogen and oxygen atoms in total. The van der Waals surface area contributed by atoms with Gasteiger partial charge in [-0.15, -0.1) is 24.0 Å². The van der Waals surface area contributed by atoms with Crippen molar-refractivity contribution in [1.29, 1.82) is 0 Å². The van der Waals surface area contributed by atoms with Crippen molar-refractivity contribution in [3.05, 3.63) is 24.2 Å². The first-order valence-electron chi connectivity index (χ1n) is 8.18. The van der Waals surface area contributed by atoms with Gasteiger partial charge in [-0.3, -0.25) is 9.89 Å². The molecule has 2 heterocycles. The largest absolute Gasteiger partial charge is 0.466 e. The Morgan fingerprint density at radius 3 is 2.42 bits per heavy atom. The Labute approximate surface area is 168 Å². The number of nitrogens with one attached hydrogen (secondary N) is 1. The van der Waals surface area contributed by atoms with Crippen molar-refractivity contribution in [3.8, 4) is 0 Å². The number of hydrogen-bond donors (Lipinski definition) is 2. The van der Waals surface area contributed by atoms with Gasteiger partial charge < -0.3 is 19.7 Å². The number of halogens is 4. The molecule has 2 unspecified atom stereocenters. The molecule has 1 aromatic heterocycles. The van der Waals surface area contributed by atoms with Gasteiger partial charge in [0.2, 0.25) is 0 Å². The fraction of sp³-hybridized carbons (Fsp3) is 0.688. The highest BCUT2D eigenvalue weighted by Gasteiger charge is 2.41. The van der Waals surface area contributed by atoms with Gasteiger partial charge in [0, 0.05) is 33.2 Å². The zero-order valence-electron chi connectivity index (χ0n) is 15.1. The van der Waals surface area contributed by atoms with Gasteiger partial charge >= 0.3 is 6.18 Å². The maximum Gasteiger partial charge on any atom is 0.403 e. The summed E-state index contributed by atoms with van der Waals surface area (Å²) in [5.74, 6) is 0.977. The highest BCUT2D eigenvalue weighted by molar-refractivity contribution is 14.0. The van der Waals surface area contributed by atoms with Crippen LogP contribution < -0.4 is 5.32 Å². The standard InChI is InChI=1S/C16H25F3N4O2.HI/c1-12(16(17,18)19)22-6-8-23(9-7-22)14(20-3)21-11-15(2,24)13-5-4-10-25-13;/h4-5,10,12,24H,6-9,11H2,1-3H3,(H,20,21);1H. The van der Waals surface area contributed by atoms with Crippen molar-refractivity contribution >= 4 is 29.9 Å². The summed E-state index contributed by atoms with van der Waals surface area (Å²) < 4.78 is 43.7. The molecule has 2 N–H and O–H groups in total. The van der Waals surface area contributed by atoms with Crippen LogP contribution in [0.25, 0.3) is 0 Å². The van der Waals surface area contributed by atoms with Crippen LogP contribution in [0.15, 0.2) is 27.8 Å². The molecule has 2 atom stereocenters. The van der Waals surface area contributed by atoms with Gasteiger partial charge in [-0.2, -0.15) is 13.2 Å². The Morgan fingerprint density at radius 2 is 1.96 bits per heavy atom. The van der Waals surface area contributed by atoms with Crippen molar-refractivity contribution in [2.45, 2.75) is 31.7 Å². The number of nitrogens with zero attached hydrogens (tertiary/aromatic N) is 3. The number of furan rings is 1. The third kappa shape index (κ3) is 5.74. The molecular weight excluding hydrogens is 464 g/mol. The van der Waals surface area contributed by atoms with Gasteiger partial charge in [0.05, 0.1) is 12.8 Å². The lowest BCUT2D eigenvalue weighted by Gasteiger charge is -2.40. The van der Waals surface area contributed by atoms with E-state index in [4.69, 9.17) is 4.42 Å². The van der Waals surface area contributed by atoms with E-state index in [9.17, 15) is 18.3 Å². The van der Waals surface area contributed by atoms with E-state index in [0.29, 0.717) is 37.9 Å². The molecule has 1 aromatic rings. The number of piperazine rings is 1. The van der Waals surface area contributed by atoms with E-state index in [1.807, 2.05) is 4.90 Å². The molecule has 1 saturated heterocycles. The molecule has 0 aliphatic carbocycles. The highest BCUT2D eigenvalue weighted by Crippen LogP contribution is 2.25. The van der Waals surface area contributed by atoms with Crippen LogP contribution in [0.3, 0.4) is 0 Å². The minimum absolute atomic E-state index is 0. The van der Waals surface area contributed by atoms with Crippen LogP contribution in [-0.4, -0.2) is 72.9 Å². The number of aliphatic imine (C=N–C) groups is 1. The quantitative estimate of drug-likeness (QED) is 0.385. The first-order valence-corrected chi connectivity index (χ1v) is 8.18. The first kappa shape index (κ1) is 23.0. The maximum atomic E-state index is 12.8. The second-order valence-corrected chi connectivity index (χ2v) is 6.39. The fourth-order valence-corrected chi connectivity index (χ4v) is 2.78. The summed E-state index contributed by atoms with van der Waals surface area (Å²) in [6.45, 7) is 4.45. The molecule has 1 aliphatic heterocycles. The van der Waals surface area contributed by atoms with Crippen molar-refractivity contribution in [2.75, 3.05) is 39.8 Å². The van der Waals surface area contributed by atoms with E-state index in [0.717, 1.165) is 0 Å². The summed E-state index contributed by atoms with van der Waals surface area (Å²) in [7, 11) is 1.61. The molecule has 0 aromatic carbocycles.